The molecule has 1 aromatic heterocycles. The molecule has 1 amide bonds. The second-order valence-corrected chi connectivity index (χ2v) is 5.82. The Bertz CT molecular complexity index is 386. The van der Waals surface area contributed by atoms with Crippen molar-refractivity contribution in [1.29, 1.82) is 0 Å². The molecular formula is C12H16BrNO2S. The molecule has 94 valence electrons. The summed E-state index contributed by atoms with van der Waals surface area (Å²) in [5, 5.41) is 1.93. The second kappa shape index (κ2) is 5.98. The Morgan fingerprint density at radius 2 is 2.29 bits per heavy atom. The van der Waals surface area contributed by atoms with Crippen molar-refractivity contribution in [3.05, 3.63) is 20.8 Å². The fourth-order valence-corrected chi connectivity index (χ4v) is 3.56. The van der Waals surface area contributed by atoms with E-state index < -0.39 is 0 Å². The molecule has 1 saturated heterocycles. The number of ether oxygens (including phenoxy) is 1. The van der Waals surface area contributed by atoms with Gasteiger partial charge in [0.15, 0.2) is 0 Å². The van der Waals surface area contributed by atoms with Crippen molar-refractivity contribution in [1.82, 2.24) is 4.90 Å². The highest BCUT2D eigenvalue weighted by Gasteiger charge is 2.25. The summed E-state index contributed by atoms with van der Waals surface area (Å²) < 4.78 is 6.48. The number of nitrogens with zero attached hydrogens (tertiary/aromatic N) is 1. The van der Waals surface area contributed by atoms with Gasteiger partial charge in [-0.3, -0.25) is 4.79 Å². The van der Waals surface area contributed by atoms with Gasteiger partial charge in [-0.25, -0.2) is 0 Å². The molecule has 0 spiro atoms. The molecule has 1 fully saturated rings. The molecule has 1 aliphatic rings. The second-order valence-electron chi connectivity index (χ2n) is 4.04. The first kappa shape index (κ1) is 13.1. The van der Waals surface area contributed by atoms with E-state index in [1.165, 1.54) is 11.3 Å². The Morgan fingerprint density at radius 1 is 1.59 bits per heavy atom. The molecular weight excluding hydrogens is 302 g/mol. The fourth-order valence-electron chi connectivity index (χ4n) is 2.05. The van der Waals surface area contributed by atoms with Crippen LogP contribution in [-0.4, -0.2) is 36.6 Å². The van der Waals surface area contributed by atoms with Crippen LogP contribution < -0.4 is 0 Å². The fraction of sp³-hybridized carbons (Fsp3) is 0.583. The van der Waals surface area contributed by atoms with E-state index in [0.717, 1.165) is 41.9 Å². The van der Waals surface area contributed by atoms with Gasteiger partial charge >= 0.3 is 0 Å². The SMILES string of the molecule is CCOC1CCN(C(=O)c2sccc2Br)CC1. The molecule has 0 bridgehead atoms. The number of likely N-dealkylation sites (tertiary alicyclic amines) is 1. The van der Waals surface area contributed by atoms with Crippen LogP contribution in [0.15, 0.2) is 15.9 Å². The molecule has 0 atom stereocenters. The van der Waals surface area contributed by atoms with E-state index in [4.69, 9.17) is 4.74 Å². The maximum Gasteiger partial charge on any atom is 0.265 e. The molecule has 2 heterocycles. The van der Waals surface area contributed by atoms with Gasteiger partial charge < -0.3 is 9.64 Å². The highest BCUT2D eigenvalue weighted by Crippen LogP contribution is 2.25. The van der Waals surface area contributed by atoms with Gasteiger partial charge in [0.1, 0.15) is 4.88 Å². The van der Waals surface area contributed by atoms with E-state index in [0.29, 0.717) is 6.10 Å². The molecule has 2 rings (SSSR count). The molecule has 0 aliphatic carbocycles. The number of rotatable bonds is 3. The highest BCUT2D eigenvalue weighted by molar-refractivity contribution is 9.10. The summed E-state index contributed by atoms with van der Waals surface area (Å²) >= 11 is 4.90. The maximum atomic E-state index is 12.2. The van der Waals surface area contributed by atoms with Gasteiger partial charge in [0, 0.05) is 24.2 Å². The van der Waals surface area contributed by atoms with E-state index in [9.17, 15) is 4.79 Å². The van der Waals surface area contributed by atoms with E-state index in [2.05, 4.69) is 15.9 Å². The molecule has 0 unspecified atom stereocenters. The molecule has 1 aromatic rings. The molecule has 0 radical (unpaired) electrons. The van der Waals surface area contributed by atoms with Gasteiger partial charge in [0.05, 0.1) is 6.10 Å². The van der Waals surface area contributed by atoms with Crippen LogP contribution in [0.3, 0.4) is 0 Å². The Labute approximate surface area is 114 Å². The van der Waals surface area contributed by atoms with E-state index in [-0.39, 0.29) is 5.91 Å². The first-order valence-electron chi connectivity index (χ1n) is 5.86. The van der Waals surface area contributed by atoms with Gasteiger partial charge in [-0.15, -0.1) is 11.3 Å². The molecule has 0 saturated carbocycles. The smallest absolute Gasteiger partial charge is 0.265 e. The number of halogens is 1. The number of hydrogen-bond acceptors (Lipinski definition) is 3. The lowest BCUT2D eigenvalue weighted by Crippen LogP contribution is -2.40. The summed E-state index contributed by atoms with van der Waals surface area (Å²) in [6.07, 6.45) is 2.22. The first-order valence-corrected chi connectivity index (χ1v) is 7.53. The van der Waals surface area contributed by atoms with Crippen molar-refractivity contribution in [3.8, 4) is 0 Å². The van der Waals surface area contributed by atoms with Crippen LogP contribution >= 0.6 is 27.3 Å². The maximum absolute atomic E-state index is 12.2. The summed E-state index contributed by atoms with van der Waals surface area (Å²) in [4.78, 5) is 14.9. The lowest BCUT2D eigenvalue weighted by atomic mass is 10.1. The number of amides is 1. The van der Waals surface area contributed by atoms with Gasteiger partial charge in [-0.2, -0.15) is 0 Å². The van der Waals surface area contributed by atoms with Crippen LogP contribution in [0.2, 0.25) is 0 Å². The number of carbonyl (C=O) groups excluding carboxylic acids is 1. The molecule has 1 aliphatic heterocycles. The number of carbonyl (C=O) groups is 1. The van der Waals surface area contributed by atoms with Crippen LogP contribution in [0.1, 0.15) is 29.4 Å². The van der Waals surface area contributed by atoms with Crippen molar-refractivity contribution in [2.24, 2.45) is 0 Å². The van der Waals surface area contributed by atoms with E-state index >= 15 is 0 Å². The molecule has 3 nitrogen and oxygen atoms in total. The summed E-state index contributed by atoms with van der Waals surface area (Å²) in [5.74, 6) is 0.141. The third kappa shape index (κ3) is 3.09. The zero-order valence-corrected chi connectivity index (χ0v) is 12.2. The van der Waals surface area contributed by atoms with Crippen LogP contribution in [0.25, 0.3) is 0 Å². The summed E-state index contributed by atoms with van der Waals surface area (Å²) in [7, 11) is 0. The van der Waals surface area contributed by atoms with Crippen LogP contribution in [0.4, 0.5) is 0 Å². The lowest BCUT2D eigenvalue weighted by molar-refractivity contribution is 0.0147. The zero-order valence-electron chi connectivity index (χ0n) is 9.82. The van der Waals surface area contributed by atoms with Crippen molar-refractivity contribution in [2.75, 3.05) is 19.7 Å². The Kier molecular flexibility index (Phi) is 4.59. The number of piperidine rings is 1. The van der Waals surface area contributed by atoms with Gasteiger partial charge in [-0.05, 0) is 47.1 Å². The zero-order chi connectivity index (χ0) is 12.3. The van der Waals surface area contributed by atoms with Crippen molar-refractivity contribution < 1.29 is 9.53 Å². The monoisotopic (exact) mass is 317 g/mol. The summed E-state index contributed by atoms with van der Waals surface area (Å²) in [5.41, 5.74) is 0. The van der Waals surface area contributed by atoms with E-state index in [1.807, 2.05) is 23.3 Å². The van der Waals surface area contributed by atoms with E-state index in [1.54, 1.807) is 0 Å². The predicted octanol–water partition coefficient (Wildman–Crippen LogP) is 3.15. The molecule has 17 heavy (non-hydrogen) atoms. The normalized spacial score (nSPS) is 17.4. The van der Waals surface area contributed by atoms with Gasteiger partial charge in [0.2, 0.25) is 0 Å². The Morgan fingerprint density at radius 3 is 2.82 bits per heavy atom. The topological polar surface area (TPSA) is 29.5 Å². The quantitative estimate of drug-likeness (QED) is 0.857. The standard InChI is InChI=1S/C12H16BrNO2S/c1-2-16-9-3-6-14(7-4-9)12(15)11-10(13)5-8-17-11/h5,8-9H,2-4,6-7H2,1H3. The first-order chi connectivity index (χ1) is 8.22. The number of thiophene rings is 1. The third-order valence-electron chi connectivity index (χ3n) is 2.94. The minimum absolute atomic E-state index is 0.141. The molecule has 5 heteroatoms. The molecule has 0 N–H and O–H groups in total. The average molecular weight is 318 g/mol. The molecule has 0 aromatic carbocycles. The summed E-state index contributed by atoms with van der Waals surface area (Å²) in [6.45, 7) is 4.37. The minimum Gasteiger partial charge on any atom is -0.378 e. The van der Waals surface area contributed by atoms with Crippen molar-refractivity contribution >= 4 is 33.2 Å². The Hall–Kier alpha value is -0.390. The van der Waals surface area contributed by atoms with Crippen LogP contribution in [0.5, 0.6) is 0 Å². The van der Waals surface area contributed by atoms with Crippen LogP contribution in [-0.2, 0) is 4.74 Å². The van der Waals surface area contributed by atoms with Crippen molar-refractivity contribution in [3.63, 3.8) is 0 Å². The van der Waals surface area contributed by atoms with Crippen LogP contribution in [0, 0.1) is 0 Å². The lowest BCUT2D eigenvalue weighted by Gasteiger charge is -2.31. The third-order valence-corrected chi connectivity index (χ3v) is 4.77. The van der Waals surface area contributed by atoms with Gasteiger partial charge in [-0.1, -0.05) is 0 Å². The average Bonchev–Trinajstić information content (AvgIpc) is 2.76. The predicted molar refractivity (Wildman–Crippen MR) is 72.6 cm³/mol. The minimum atomic E-state index is 0.141. The summed E-state index contributed by atoms with van der Waals surface area (Å²) in [6, 6.07) is 1.92. The Balaban J connectivity index is 1.93. The van der Waals surface area contributed by atoms with Crippen molar-refractivity contribution in [2.45, 2.75) is 25.9 Å². The largest absolute Gasteiger partial charge is 0.378 e. The highest BCUT2D eigenvalue weighted by atomic mass is 79.9. The number of hydrogen-bond donors (Lipinski definition) is 0. The van der Waals surface area contributed by atoms with Gasteiger partial charge in [0.25, 0.3) is 5.91 Å².